The summed E-state index contributed by atoms with van der Waals surface area (Å²) in [6.07, 6.45) is 1.68. The average Bonchev–Trinajstić information content (AvgIpc) is 2.75. The molecule has 3 rings (SSSR count). The van der Waals surface area contributed by atoms with Crippen LogP contribution in [0.25, 0.3) is 0 Å². The lowest BCUT2D eigenvalue weighted by Gasteiger charge is -2.17. The van der Waals surface area contributed by atoms with Gasteiger partial charge in [-0.25, -0.2) is 0 Å². The van der Waals surface area contributed by atoms with Crippen LogP contribution in [0.4, 0.5) is 17.1 Å². The fourth-order valence-electron chi connectivity index (χ4n) is 2.62. The number of ether oxygens (including phenoxy) is 1. The summed E-state index contributed by atoms with van der Waals surface area (Å²) in [6.45, 7) is 1.94. The fraction of sp³-hybridized carbons (Fsp3) is 0.143. The minimum Gasteiger partial charge on any atom is -0.486 e. The normalized spacial score (nSPS) is 11.5. The third kappa shape index (κ3) is 6.07. The van der Waals surface area contributed by atoms with E-state index in [9.17, 15) is 14.9 Å². The van der Waals surface area contributed by atoms with Crippen LogP contribution in [0.15, 0.2) is 60.8 Å². The number of carbonyl (C=O) groups excluding carboxylic acids is 1. The molecule has 1 unspecified atom stereocenters. The molecule has 0 aliphatic heterocycles. The van der Waals surface area contributed by atoms with Crippen LogP contribution in [0.3, 0.4) is 0 Å². The molecule has 10 heteroatoms. The van der Waals surface area contributed by atoms with E-state index in [1.165, 1.54) is 18.2 Å². The lowest BCUT2D eigenvalue weighted by atomic mass is 10.2. The van der Waals surface area contributed by atoms with Crippen LogP contribution in [0.2, 0.25) is 10.0 Å². The molecule has 0 aliphatic carbocycles. The van der Waals surface area contributed by atoms with Gasteiger partial charge in [-0.15, -0.1) is 0 Å². The summed E-state index contributed by atoms with van der Waals surface area (Å²) >= 11 is 12.3. The van der Waals surface area contributed by atoms with Gasteiger partial charge in [0.05, 0.1) is 26.3 Å². The van der Waals surface area contributed by atoms with Crippen LogP contribution < -0.4 is 15.4 Å². The highest BCUT2D eigenvalue weighted by Crippen LogP contribution is 2.29. The number of hydrogen-bond acceptors (Lipinski definition) is 6. The number of nitrogens with zero attached hydrogens (tertiary/aromatic N) is 2. The summed E-state index contributed by atoms with van der Waals surface area (Å²) in [5, 5.41) is 16.9. The molecule has 1 atom stereocenters. The van der Waals surface area contributed by atoms with Crippen LogP contribution in [-0.2, 0) is 11.4 Å². The number of non-ortho nitro benzene ring substituents is 1. The van der Waals surface area contributed by atoms with Crippen molar-refractivity contribution in [3.8, 4) is 5.75 Å². The van der Waals surface area contributed by atoms with E-state index in [1.54, 1.807) is 31.3 Å². The second-order valence-corrected chi connectivity index (χ2v) is 7.35. The van der Waals surface area contributed by atoms with Gasteiger partial charge in [-0.2, -0.15) is 0 Å². The number of benzene rings is 2. The van der Waals surface area contributed by atoms with Gasteiger partial charge in [-0.3, -0.25) is 19.9 Å². The van der Waals surface area contributed by atoms with E-state index in [0.29, 0.717) is 16.5 Å². The van der Waals surface area contributed by atoms with Crippen LogP contribution in [-0.4, -0.2) is 21.9 Å². The Balaban J connectivity index is 1.59. The van der Waals surface area contributed by atoms with Gasteiger partial charge in [0.15, 0.2) is 0 Å². The third-order valence-corrected chi connectivity index (χ3v) is 4.84. The Morgan fingerprint density at radius 2 is 1.97 bits per heavy atom. The SMILES string of the molecule is CC(Nc1ccc(OCc2ccccn2)c(Cl)c1)C(=O)Nc1ccc([N+](=O)[O-])cc1Cl. The largest absolute Gasteiger partial charge is 0.486 e. The van der Waals surface area contributed by atoms with E-state index in [0.717, 1.165) is 5.69 Å². The zero-order valence-electron chi connectivity index (χ0n) is 16.3. The van der Waals surface area contributed by atoms with Crippen LogP contribution in [0, 0.1) is 10.1 Å². The molecule has 2 N–H and O–H groups in total. The molecular formula is C21H18Cl2N4O4. The standard InChI is InChI=1S/C21H18Cl2N4O4/c1-13(21(28)26-19-7-6-16(27(29)30)11-17(19)22)25-14-5-8-20(18(23)10-14)31-12-15-4-2-3-9-24-15/h2-11,13,25H,12H2,1H3,(H,26,28). The van der Waals surface area contributed by atoms with Gasteiger partial charge in [0.1, 0.15) is 18.4 Å². The molecule has 1 aromatic heterocycles. The smallest absolute Gasteiger partial charge is 0.271 e. The highest BCUT2D eigenvalue weighted by atomic mass is 35.5. The van der Waals surface area contributed by atoms with Crippen LogP contribution >= 0.6 is 23.2 Å². The molecule has 0 radical (unpaired) electrons. The highest BCUT2D eigenvalue weighted by molar-refractivity contribution is 6.34. The number of halogens is 2. The van der Waals surface area contributed by atoms with Gasteiger partial charge in [-0.05, 0) is 43.3 Å². The van der Waals surface area contributed by atoms with Crippen molar-refractivity contribution in [1.29, 1.82) is 0 Å². The van der Waals surface area contributed by atoms with Crippen LogP contribution in [0.5, 0.6) is 5.75 Å². The molecule has 0 fully saturated rings. The number of nitrogens with one attached hydrogen (secondary N) is 2. The molecule has 0 saturated carbocycles. The zero-order valence-corrected chi connectivity index (χ0v) is 17.9. The lowest BCUT2D eigenvalue weighted by molar-refractivity contribution is -0.384. The molecule has 2 aromatic carbocycles. The molecule has 8 nitrogen and oxygen atoms in total. The maximum absolute atomic E-state index is 12.5. The van der Waals surface area contributed by atoms with Crippen molar-refractivity contribution in [2.24, 2.45) is 0 Å². The quantitative estimate of drug-likeness (QED) is 0.348. The Labute approximate surface area is 188 Å². The van der Waals surface area contributed by atoms with Gasteiger partial charge in [-0.1, -0.05) is 29.3 Å². The second kappa shape index (κ2) is 10.1. The molecule has 1 amide bonds. The van der Waals surface area contributed by atoms with Crippen molar-refractivity contribution in [2.45, 2.75) is 19.6 Å². The summed E-state index contributed by atoms with van der Waals surface area (Å²) in [7, 11) is 0. The summed E-state index contributed by atoms with van der Waals surface area (Å²) in [4.78, 5) is 26.9. The maximum Gasteiger partial charge on any atom is 0.271 e. The molecule has 0 bridgehead atoms. The van der Waals surface area contributed by atoms with Gasteiger partial charge >= 0.3 is 0 Å². The number of pyridine rings is 1. The van der Waals surface area contributed by atoms with E-state index in [2.05, 4.69) is 15.6 Å². The minimum absolute atomic E-state index is 0.0761. The molecule has 0 spiro atoms. The van der Waals surface area contributed by atoms with Crippen molar-refractivity contribution in [3.05, 3.63) is 86.6 Å². The fourth-order valence-corrected chi connectivity index (χ4v) is 3.08. The summed E-state index contributed by atoms with van der Waals surface area (Å²) < 4.78 is 5.68. The Morgan fingerprint density at radius 1 is 1.16 bits per heavy atom. The molecular weight excluding hydrogens is 443 g/mol. The monoisotopic (exact) mass is 460 g/mol. The Morgan fingerprint density at radius 3 is 2.61 bits per heavy atom. The van der Waals surface area contributed by atoms with E-state index < -0.39 is 11.0 Å². The maximum atomic E-state index is 12.5. The Bertz CT molecular complexity index is 1100. The number of amides is 1. The Kier molecular flexibility index (Phi) is 7.28. The van der Waals surface area contributed by atoms with Crippen molar-refractivity contribution in [3.63, 3.8) is 0 Å². The predicted octanol–water partition coefficient (Wildman–Crippen LogP) is 5.31. The lowest BCUT2D eigenvalue weighted by Crippen LogP contribution is -2.31. The highest BCUT2D eigenvalue weighted by Gasteiger charge is 2.17. The molecule has 31 heavy (non-hydrogen) atoms. The first-order valence-corrected chi connectivity index (χ1v) is 9.92. The number of anilines is 2. The average molecular weight is 461 g/mol. The summed E-state index contributed by atoms with van der Waals surface area (Å²) in [5.74, 6) is 0.120. The number of aromatic nitrogens is 1. The second-order valence-electron chi connectivity index (χ2n) is 6.53. The number of hydrogen-bond donors (Lipinski definition) is 2. The van der Waals surface area contributed by atoms with Gasteiger partial charge in [0.2, 0.25) is 5.91 Å². The van der Waals surface area contributed by atoms with Crippen LogP contribution in [0.1, 0.15) is 12.6 Å². The van der Waals surface area contributed by atoms with E-state index in [-0.39, 0.29) is 28.9 Å². The van der Waals surface area contributed by atoms with Crippen molar-refractivity contribution in [1.82, 2.24) is 4.98 Å². The van der Waals surface area contributed by atoms with Crippen molar-refractivity contribution < 1.29 is 14.5 Å². The summed E-state index contributed by atoms with van der Waals surface area (Å²) in [6, 6.07) is 13.8. The summed E-state index contributed by atoms with van der Waals surface area (Å²) in [5.41, 5.74) is 1.51. The first kappa shape index (κ1) is 22.3. The zero-order chi connectivity index (χ0) is 22.4. The van der Waals surface area contributed by atoms with E-state index >= 15 is 0 Å². The molecule has 160 valence electrons. The number of rotatable bonds is 8. The molecule has 1 heterocycles. The van der Waals surface area contributed by atoms with Gasteiger partial charge < -0.3 is 15.4 Å². The molecule has 3 aromatic rings. The first-order chi connectivity index (χ1) is 14.8. The topological polar surface area (TPSA) is 106 Å². The first-order valence-electron chi connectivity index (χ1n) is 9.17. The van der Waals surface area contributed by atoms with Crippen molar-refractivity contribution in [2.75, 3.05) is 10.6 Å². The van der Waals surface area contributed by atoms with Crippen molar-refractivity contribution >= 4 is 46.2 Å². The Hall–Kier alpha value is -3.36. The van der Waals surface area contributed by atoms with E-state index in [4.69, 9.17) is 27.9 Å². The number of nitro groups is 1. The minimum atomic E-state index is -0.636. The number of nitro benzene ring substituents is 1. The molecule has 0 aliphatic rings. The number of carbonyl (C=O) groups is 1. The third-order valence-electron chi connectivity index (χ3n) is 4.23. The van der Waals surface area contributed by atoms with Gasteiger partial charge in [0.25, 0.3) is 5.69 Å². The van der Waals surface area contributed by atoms with Gasteiger partial charge in [0, 0.05) is 24.0 Å². The van der Waals surface area contributed by atoms with E-state index in [1.807, 2.05) is 18.2 Å². The molecule has 0 saturated heterocycles. The predicted molar refractivity (Wildman–Crippen MR) is 120 cm³/mol.